The van der Waals surface area contributed by atoms with Crippen LogP contribution in [-0.2, 0) is 16.1 Å². The summed E-state index contributed by atoms with van der Waals surface area (Å²) in [5.74, 6) is -0.713. The number of furan rings is 1. The van der Waals surface area contributed by atoms with Gasteiger partial charge in [0.05, 0.1) is 44.2 Å². The van der Waals surface area contributed by atoms with Crippen molar-refractivity contribution in [3.8, 4) is 11.5 Å². The Morgan fingerprint density at radius 2 is 1.81 bits per heavy atom. The lowest BCUT2D eigenvalue weighted by molar-refractivity contribution is -0.140. The number of aliphatic hydroxyl groups is 1. The van der Waals surface area contributed by atoms with Crippen LogP contribution in [0, 0.1) is 0 Å². The van der Waals surface area contributed by atoms with E-state index in [1.807, 2.05) is 0 Å². The van der Waals surface area contributed by atoms with Crippen molar-refractivity contribution in [1.82, 2.24) is 4.90 Å². The molecule has 8 heteroatoms. The van der Waals surface area contributed by atoms with Gasteiger partial charge in [-0.15, -0.1) is 0 Å². The van der Waals surface area contributed by atoms with E-state index in [0.717, 1.165) is 0 Å². The number of benzene rings is 2. The third-order valence-electron chi connectivity index (χ3n) is 5.30. The molecule has 32 heavy (non-hydrogen) atoms. The van der Waals surface area contributed by atoms with E-state index in [0.29, 0.717) is 27.8 Å². The first-order valence-electron chi connectivity index (χ1n) is 9.74. The maximum atomic E-state index is 13.2. The van der Waals surface area contributed by atoms with Crippen molar-refractivity contribution in [2.75, 3.05) is 14.2 Å². The van der Waals surface area contributed by atoms with Crippen molar-refractivity contribution in [3.63, 3.8) is 0 Å². The lowest BCUT2D eigenvalue weighted by atomic mass is 9.94. The topological polar surface area (TPSA) is 89.2 Å². The molecule has 4 rings (SSSR count). The number of amides is 1. The molecule has 2 aromatic carbocycles. The standard InChI is InChI=1S/C24H20ClNO6/c1-30-18-8-4-3-7-16(18)21-20(22(27)17-12-14(25)9-10-19(17)31-2)23(28)24(29)26(21)13-15-6-5-11-32-15/h3-12,21,27H,13H2,1-2H3/b22-20+. The van der Waals surface area contributed by atoms with Crippen molar-refractivity contribution in [2.24, 2.45) is 0 Å². The summed E-state index contributed by atoms with van der Waals surface area (Å²) in [6.07, 6.45) is 1.49. The molecule has 0 radical (unpaired) electrons. The highest BCUT2D eigenvalue weighted by Gasteiger charge is 2.47. The first-order valence-corrected chi connectivity index (χ1v) is 10.1. The van der Waals surface area contributed by atoms with Gasteiger partial charge in [0.25, 0.3) is 11.7 Å². The maximum absolute atomic E-state index is 13.2. The minimum absolute atomic E-state index is 0.0315. The van der Waals surface area contributed by atoms with Crippen LogP contribution in [-0.4, -0.2) is 35.9 Å². The molecule has 1 N–H and O–H groups in total. The molecule has 1 amide bonds. The predicted molar refractivity (Wildman–Crippen MR) is 118 cm³/mol. The summed E-state index contributed by atoms with van der Waals surface area (Å²) >= 11 is 6.13. The SMILES string of the molecule is COc1ccc(Cl)cc1/C(O)=C1\C(=O)C(=O)N(Cc2ccco2)C1c1ccccc1OC. The summed E-state index contributed by atoms with van der Waals surface area (Å²) < 4.78 is 16.2. The van der Waals surface area contributed by atoms with Gasteiger partial charge in [-0.25, -0.2) is 0 Å². The number of hydrogen-bond acceptors (Lipinski definition) is 6. The van der Waals surface area contributed by atoms with E-state index < -0.39 is 17.7 Å². The minimum atomic E-state index is -0.917. The first-order chi connectivity index (χ1) is 15.5. The van der Waals surface area contributed by atoms with E-state index in [4.69, 9.17) is 25.5 Å². The third-order valence-corrected chi connectivity index (χ3v) is 5.53. The second-order valence-corrected chi connectivity index (χ2v) is 7.53. The Balaban J connectivity index is 1.95. The fraction of sp³-hybridized carbons (Fsp3) is 0.167. The molecule has 1 saturated heterocycles. The van der Waals surface area contributed by atoms with Gasteiger partial charge in [-0.05, 0) is 36.4 Å². The number of likely N-dealkylation sites (tertiary alicyclic amines) is 1. The quantitative estimate of drug-likeness (QED) is 0.334. The highest BCUT2D eigenvalue weighted by Crippen LogP contribution is 2.44. The summed E-state index contributed by atoms with van der Waals surface area (Å²) in [7, 11) is 2.94. The number of para-hydroxylation sites is 1. The predicted octanol–water partition coefficient (Wildman–Crippen LogP) is 4.57. The zero-order chi connectivity index (χ0) is 22.8. The number of ether oxygens (including phenoxy) is 2. The summed E-state index contributed by atoms with van der Waals surface area (Å²) in [5, 5.41) is 11.6. The molecule has 1 aliphatic heterocycles. The highest BCUT2D eigenvalue weighted by atomic mass is 35.5. The van der Waals surface area contributed by atoms with Crippen LogP contribution in [0.3, 0.4) is 0 Å². The van der Waals surface area contributed by atoms with Crippen molar-refractivity contribution in [1.29, 1.82) is 0 Å². The van der Waals surface area contributed by atoms with Crippen molar-refractivity contribution >= 4 is 29.1 Å². The molecule has 1 aliphatic rings. The molecular formula is C24H20ClNO6. The van der Waals surface area contributed by atoms with Gasteiger partial charge >= 0.3 is 0 Å². The molecular weight excluding hydrogens is 434 g/mol. The molecule has 3 aromatic rings. The molecule has 0 bridgehead atoms. The number of methoxy groups -OCH3 is 2. The van der Waals surface area contributed by atoms with Crippen molar-refractivity contribution in [2.45, 2.75) is 12.6 Å². The molecule has 7 nitrogen and oxygen atoms in total. The number of nitrogens with zero attached hydrogens (tertiary/aromatic N) is 1. The molecule has 164 valence electrons. The fourth-order valence-corrected chi connectivity index (χ4v) is 4.01. The molecule has 1 aromatic heterocycles. The van der Waals surface area contributed by atoms with Crippen LogP contribution in [0.4, 0.5) is 0 Å². The van der Waals surface area contributed by atoms with Crippen molar-refractivity contribution < 1.29 is 28.6 Å². The minimum Gasteiger partial charge on any atom is -0.507 e. The number of halogens is 1. The molecule has 0 aliphatic carbocycles. The van der Waals surface area contributed by atoms with Gasteiger partial charge in [0.2, 0.25) is 0 Å². The molecule has 1 fully saturated rings. The number of aliphatic hydroxyl groups excluding tert-OH is 1. The summed E-state index contributed by atoms with van der Waals surface area (Å²) in [5.41, 5.74) is 0.658. The van der Waals surface area contributed by atoms with Gasteiger partial charge in [0.15, 0.2) is 0 Å². The van der Waals surface area contributed by atoms with Gasteiger partial charge in [-0.3, -0.25) is 9.59 Å². The Kier molecular flexibility index (Phi) is 5.92. The first kappa shape index (κ1) is 21.5. The van der Waals surface area contributed by atoms with Crippen LogP contribution >= 0.6 is 11.6 Å². The Morgan fingerprint density at radius 1 is 1.06 bits per heavy atom. The second-order valence-electron chi connectivity index (χ2n) is 7.09. The maximum Gasteiger partial charge on any atom is 0.296 e. The van der Waals surface area contributed by atoms with E-state index in [1.165, 1.54) is 31.4 Å². The van der Waals surface area contributed by atoms with Crippen LogP contribution in [0.1, 0.15) is 22.9 Å². The zero-order valence-corrected chi connectivity index (χ0v) is 18.1. The fourth-order valence-electron chi connectivity index (χ4n) is 3.84. The number of hydrogen-bond donors (Lipinski definition) is 1. The van der Waals surface area contributed by atoms with Gasteiger partial charge in [-0.2, -0.15) is 0 Å². The van der Waals surface area contributed by atoms with Crippen molar-refractivity contribution in [3.05, 3.63) is 88.3 Å². The number of carbonyl (C=O) groups is 2. The highest BCUT2D eigenvalue weighted by molar-refractivity contribution is 6.46. The Morgan fingerprint density at radius 3 is 2.50 bits per heavy atom. The van der Waals surface area contributed by atoms with E-state index in [1.54, 1.807) is 48.5 Å². The van der Waals surface area contributed by atoms with E-state index in [-0.39, 0.29) is 23.4 Å². The van der Waals surface area contributed by atoms with Crippen LogP contribution in [0.25, 0.3) is 5.76 Å². The van der Waals surface area contributed by atoms with Gasteiger partial charge in [0.1, 0.15) is 23.0 Å². The van der Waals surface area contributed by atoms with E-state index in [9.17, 15) is 14.7 Å². The number of carbonyl (C=O) groups excluding carboxylic acids is 2. The molecule has 0 spiro atoms. The number of Topliss-reactive ketones (excluding diaryl/α,β-unsaturated/α-hetero) is 1. The van der Waals surface area contributed by atoms with E-state index in [2.05, 4.69) is 0 Å². The molecule has 0 saturated carbocycles. The Labute approximate surface area is 189 Å². The number of ketones is 1. The molecule has 2 heterocycles. The average molecular weight is 454 g/mol. The van der Waals surface area contributed by atoms with Crippen LogP contribution in [0.2, 0.25) is 5.02 Å². The van der Waals surface area contributed by atoms with Crippen LogP contribution in [0.5, 0.6) is 11.5 Å². The molecule has 1 unspecified atom stereocenters. The smallest absolute Gasteiger partial charge is 0.296 e. The van der Waals surface area contributed by atoms with Crippen LogP contribution in [0.15, 0.2) is 70.9 Å². The monoisotopic (exact) mass is 453 g/mol. The largest absolute Gasteiger partial charge is 0.507 e. The summed E-state index contributed by atoms with van der Waals surface area (Å²) in [6, 6.07) is 14.2. The third kappa shape index (κ3) is 3.71. The lowest BCUT2D eigenvalue weighted by Crippen LogP contribution is -2.29. The summed E-state index contributed by atoms with van der Waals surface area (Å²) in [4.78, 5) is 27.6. The Hall–Kier alpha value is -3.71. The molecule has 1 atom stereocenters. The zero-order valence-electron chi connectivity index (χ0n) is 17.4. The Bertz CT molecular complexity index is 1200. The average Bonchev–Trinajstić information content (AvgIpc) is 3.41. The number of rotatable bonds is 6. The van der Waals surface area contributed by atoms with E-state index >= 15 is 0 Å². The van der Waals surface area contributed by atoms with Gasteiger partial charge in [0, 0.05) is 10.6 Å². The summed E-state index contributed by atoms with van der Waals surface area (Å²) in [6.45, 7) is 0.0315. The van der Waals surface area contributed by atoms with Gasteiger partial charge < -0.3 is 23.9 Å². The lowest BCUT2D eigenvalue weighted by Gasteiger charge is -2.26. The normalized spacial score (nSPS) is 17.6. The van der Waals surface area contributed by atoms with Crippen LogP contribution < -0.4 is 9.47 Å². The van der Waals surface area contributed by atoms with Gasteiger partial charge in [-0.1, -0.05) is 29.8 Å². The second kappa shape index (κ2) is 8.80.